The fourth-order valence-electron chi connectivity index (χ4n) is 2.18. The Morgan fingerprint density at radius 1 is 1.47 bits per heavy atom. The lowest BCUT2D eigenvalue weighted by Crippen LogP contribution is -2.36. The molecule has 3 atom stereocenters. The zero-order valence-corrected chi connectivity index (χ0v) is 10.0. The van der Waals surface area contributed by atoms with E-state index >= 15 is 0 Å². The van der Waals surface area contributed by atoms with Crippen molar-refractivity contribution in [1.82, 2.24) is 0 Å². The van der Waals surface area contributed by atoms with Crippen molar-refractivity contribution in [3.8, 4) is 0 Å². The van der Waals surface area contributed by atoms with E-state index in [9.17, 15) is 13.5 Å². The molecule has 0 aromatic rings. The van der Waals surface area contributed by atoms with E-state index in [1.54, 1.807) is 0 Å². The molecule has 0 amide bonds. The minimum Gasteiger partial charge on any atom is -0.391 e. The van der Waals surface area contributed by atoms with Crippen LogP contribution in [0.1, 0.15) is 32.6 Å². The molecule has 90 valence electrons. The number of sulfone groups is 1. The maximum Gasteiger partial charge on any atom is 0.155 e. The minimum atomic E-state index is -3.16. The van der Waals surface area contributed by atoms with E-state index in [2.05, 4.69) is 6.92 Å². The van der Waals surface area contributed by atoms with Gasteiger partial charge >= 0.3 is 0 Å². The number of nitrogens with two attached hydrogens (primary N) is 1. The summed E-state index contributed by atoms with van der Waals surface area (Å²) in [7, 11) is -3.16. The lowest BCUT2D eigenvalue weighted by atomic mass is 9.91. The van der Waals surface area contributed by atoms with E-state index in [1.165, 1.54) is 0 Å². The van der Waals surface area contributed by atoms with Crippen molar-refractivity contribution in [3.05, 3.63) is 0 Å². The standard InChI is InChI=1S/C10H21NO3S/c1-8-3-2-4-10(5-8)15(13,14)7-9(12)6-11/h8-10,12H,2-7,11H2,1H3. The summed E-state index contributed by atoms with van der Waals surface area (Å²) in [6.07, 6.45) is 2.66. The third-order valence-corrected chi connectivity index (χ3v) is 5.39. The fraction of sp³-hybridized carbons (Fsp3) is 1.00. The summed E-state index contributed by atoms with van der Waals surface area (Å²) in [6.45, 7) is 2.10. The SMILES string of the molecule is CC1CCCC(S(=O)(=O)CC(O)CN)C1. The van der Waals surface area contributed by atoms with E-state index in [-0.39, 0.29) is 17.5 Å². The molecule has 3 N–H and O–H groups in total. The van der Waals surface area contributed by atoms with Crippen molar-refractivity contribution in [2.24, 2.45) is 11.7 Å². The third kappa shape index (κ3) is 3.74. The van der Waals surface area contributed by atoms with Crippen molar-refractivity contribution >= 4 is 9.84 Å². The van der Waals surface area contributed by atoms with Gasteiger partial charge in [-0.15, -0.1) is 0 Å². The van der Waals surface area contributed by atoms with Gasteiger partial charge in [0.1, 0.15) is 0 Å². The summed E-state index contributed by atoms with van der Waals surface area (Å²) in [4.78, 5) is 0. The van der Waals surface area contributed by atoms with Crippen molar-refractivity contribution in [2.75, 3.05) is 12.3 Å². The minimum absolute atomic E-state index is 0.0154. The highest BCUT2D eigenvalue weighted by Crippen LogP contribution is 2.28. The molecular formula is C10H21NO3S. The van der Waals surface area contributed by atoms with Crippen molar-refractivity contribution < 1.29 is 13.5 Å². The van der Waals surface area contributed by atoms with E-state index in [0.29, 0.717) is 5.92 Å². The zero-order valence-electron chi connectivity index (χ0n) is 9.22. The molecule has 1 saturated carbocycles. The molecule has 4 nitrogen and oxygen atoms in total. The summed E-state index contributed by atoms with van der Waals surface area (Å²) in [5.74, 6) is 0.300. The second-order valence-electron chi connectivity index (χ2n) is 4.61. The van der Waals surface area contributed by atoms with Gasteiger partial charge in [0, 0.05) is 6.54 Å². The molecule has 1 aliphatic carbocycles. The van der Waals surface area contributed by atoms with E-state index < -0.39 is 15.9 Å². The first-order valence-corrected chi connectivity index (χ1v) is 7.27. The molecule has 0 radical (unpaired) electrons. The van der Waals surface area contributed by atoms with Gasteiger partial charge < -0.3 is 10.8 Å². The Balaban J connectivity index is 2.60. The van der Waals surface area contributed by atoms with Gasteiger partial charge in [-0.3, -0.25) is 0 Å². The van der Waals surface area contributed by atoms with Crippen molar-refractivity contribution in [1.29, 1.82) is 0 Å². The Labute approximate surface area is 91.8 Å². The first-order valence-electron chi connectivity index (χ1n) is 5.55. The molecule has 1 aliphatic rings. The lowest BCUT2D eigenvalue weighted by molar-refractivity contribution is 0.205. The van der Waals surface area contributed by atoms with Crippen LogP contribution in [-0.2, 0) is 9.84 Å². The number of rotatable bonds is 4. The average Bonchev–Trinajstić information content (AvgIpc) is 2.17. The second kappa shape index (κ2) is 5.27. The van der Waals surface area contributed by atoms with Gasteiger partial charge in [0.2, 0.25) is 0 Å². The zero-order chi connectivity index (χ0) is 11.5. The number of aliphatic hydroxyl groups is 1. The molecule has 0 spiro atoms. The van der Waals surface area contributed by atoms with Crippen LogP contribution in [0.3, 0.4) is 0 Å². The lowest BCUT2D eigenvalue weighted by Gasteiger charge is -2.27. The van der Waals surface area contributed by atoms with Gasteiger partial charge in [0.15, 0.2) is 9.84 Å². The van der Waals surface area contributed by atoms with Gasteiger partial charge in [0.25, 0.3) is 0 Å². The number of hydrogen-bond donors (Lipinski definition) is 2. The molecule has 0 saturated heterocycles. The quantitative estimate of drug-likeness (QED) is 0.734. The highest BCUT2D eigenvalue weighted by atomic mass is 32.2. The summed E-state index contributed by atoms with van der Waals surface area (Å²) >= 11 is 0. The molecule has 1 fully saturated rings. The van der Waals surface area contributed by atoms with Crippen LogP contribution in [0.25, 0.3) is 0 Å². The number of aliphatic hydroxyl groups excluding tert-OH is 1. The normalized spacial score (nSPS) is 30.1. The number of hydrogen-bond acceptors (Lipinski definition) is 4. The molecule has 0 bridgehead atoms. The summed E-state index contributed by atoms with van der Waals surface area (Å²) in [5.41, 5.74) is 5.22. The molecule has 0 aromatic heterocycles. The smallest absolute Gasteiger partial charge is 0.155 e. The van der Waals surface area contributed by atoms with Gasteiger partial charge in [-0.05, 0) is 18.8 Å². The molecule has 3 unspecified atom stereocenters. The van der Waals surface area contributed by atoms with Gasteiger partial charge in [-0.2, -0.15) is 0 Å². The molecule has 1 rings (SSSR count). The summed E-state index contributed by atoms with van der Waals surface area (Å²) in [6, 6.07) is 0. The maximum atomic E-state index is 11.9. The topological polar surface area (TPSA) is 80.4 Å². The average molecular weight is 235 g/mol. The Morgan fingerprint density at radius 3 is 2.67 bits per heavy atom. The predicted molar refractivity (Wildman–Crippen MR) is 60.3 cm³/mol. The Kier molecular flexibility index (Phi) is 4.55. The highest BCUT2D eigenvalue weighted by molar-refractivity contribution is 7.92. The van der Waals surface area contributed by atoms with Crippen LogP contribution in [0.4, 0.5) is 0 Å². The van der Waals surface area contributed by atoms with Crippen LogP contribution in [0.15, 0.2) is 0 Å². The van der Waals surface area contributed by atoms with Gasteiger partial charge in [0.05, 0.1) is 17.1 Å². The molecule has 0 aliphatic heterocycles. The van der Waals surface area contributed by atoms with Crippen LogP contribution in [-0.4, -0.2) is 37.2 Å². The molecular weight excluding hydrogens is 214 g/mol. The largest absolute Gasteiger partial charge is 0.391 e. The monoisotopic (exact) mass is 235 g/mol. The molecule has 0 heterocycles. The second-order valence-corrected chi connectivity index (χ2v) is 6.94. The first kappa shape index (κ1) is 12.9. The van der Waals surface area contributed by atoms with E-state index in [0.717, 1.165) is 25.7 Å². The van der Waals surface area contributed by atoms with Crippen molar-refractivity contribution in [2.45, 2.75) is 44.0 Å². The van der Waals surface area contributed by atoms with Crippen LogP contribution < -0.4 is 5.73 Å². The maximum absolute atomic E-state index is 11.9. The highest BCUT2D eigenvalue weighted by Gasteiger charge is 2.31. The van der Waals surface area contributed by atoms with Crippen molar-refractivity contribution in [3.63, 3.8) is 0 Å². The Morgan fingerprint density at radius 2 is 2.13 bits per heavy atom. The van der Waals surface area contributed by atoms with Crippen LogP contribution in [0.2, 0.25) is 0 Å². The van der Waals surface area contributed by atoms with Gasteiger partial charge in [-0.1, -0.05) is 19.8 Å². The predicted octanol–water partition coefficient (Wildman–Crippen LogP) is 0.300. The summed E-state index contributed by atoms with van der Waals surface area (Å²) in [5, 5.41) is 9.02. The summed E-state index contributed by atoms with van der Waals surface area (Å²) < 4.78 is 23.8. The van der Waals surface area contributed by atoms with E-state index in [4.69, 9.17) is 5.73 Å². The molecule has 15 heavy (non-hydrogen) atoms. The van der Waals surface area contributed by atoms with Crippen LogP contribution >= 0.6 is 0 Å². The van der Waals surface area contributed by atoms with Gasteiger partial charge in [-0.25, -0.2) is 8.42 Å². The first-order chi connectivity index (χ1) is 6.95. The van der Waals surface area contributed by atoms with E-state index in [1.807, 2.05) is 0 Å². The van der Waals surface area contributed by atoms with Crippen LogP contribution in [0, 0.1) is 5.92 Å². The Bertz CT molecular complexity index is 289. The Hall–Kier alpha value is -0.130. The molecule has 5 heteroatoms. The van der Waals surface area contributed by atoms with Crippen LogP contribution in [0.5, 0.6) is 0 Å². The fourth-order valence-corrected chi connectivity index (χ4v) is 4.27. The molecule has 0 aromatic carbocycles. The third-order valence-electron chi connectivity index (χ3n) is 3.09.